The molecule has 128 valence electrons. The van der Waals surface area contributed by atoms with E-state index >= 15 is 0 Å². The number of amides is 1. The van der Waals surface area contributed by atoms with Gasteiger partial charge in [-0.2, -0.15) is 0 Å². The van der Waals surface area contributed by atoms with Gasteiger partial charge in [-0.25, -0.2) is 8.78 Å². The summed E-state index contributed by atoms with van der Waals surface area (Å²) in [4.78, 5) is 23.1. The fourth-order valence-electron chi connectivity index (χ4n) is 1.69. The molecule has 1 aromatic heterocycles. The van der Waals surface area contributed by atoms with Gasteiger partial charge in [-0.05, 0) is 13.0 Å². The number of aromatic nitrogens is 1. The summed E-state index contributed by atoms with van der Waals surface area (Å²) < 4.78 is 36.0. The van der Waals surface area contributed by atoms with Crippen molar-refractivity contribution < 1.29 is 27.6 Å². The molecule has 6 nitrogen and oxygen atoms in total. The number of esters is 1. The molecule has 0 fully saturated rings. The molecule has 2 aromatic rings. The maximum atomic E-state index is 13.4. The molecule has 1 N–H and O–H groups in total. The molecule has 24 heavy (non-hydrogen) atoms. The van der Waals surface area contributed by atoms with Crippen LogP contribution in [0.15, 0.2) is 28.8 Å². The van der Waals surface area contributed by atoms with Crippen LogP contribution in [0.5, 0.6) is 0 Å². The van der Waals surface area contributed by atoms with Crippen LogP contribution in [-0.2, 0) is 20.9 Å². The lowest BCUT2D eigenvalue weighted by molar-refractivity contribution is -0.141. The van der Waals surface area contributed by atoms with Gasteiger partial charge < -0.3 is 14.6 Å². The van der Waals surface area contributed by atoms with E-state index in [0.717, 1.165) is 17.8 Å². The van der Waals surface area contributed by atoms with Gasteiger partial charge in [0.05, 0.1) is 11.5 Å². The number of rotatable bonds is 7. The van der Waals surface area contributed by atoms with E-state index in [4.69, 9.17) is 9.26 Å². The fourth-order valence-corrected chi connectivity index (χ4v) is 2.30. The normalized spacial score (nSPS) is 10.5. The van der Waals surface area contributed by atoms with Crippen molar-refractivity contribution in [2.45, 2.75) is 13.5 Å². The number of halogens is 2. The summed E-state index contributed by atoms with van der Waals surface area (Å²) in [5, 5.41) is 6.10. The van der Waals surface area contributed by atoms with Crippen LogP contribution in [0, 0.1) is 18.6 Å². The molecule has 9 heteroatoms. The minimum atomic E-state index is -1.04. The molecular weight excluding hydrogens is 342 g/mol. The molecule has 0 saturated carbocycles. The molecule has 0 unspecified atom stereocenters. The lowest BCUT2D eigenvalue weighted by Crippen LogP contribution is -2.16. The summed E-state index contributed by atoms with van der Waals surface area (Å²) in [6, 6.07) is 5.19. The van der Waals surface area contributed by atoms with E-state index in [-0.39, 0.29) is 29.6 Å². The highest BCUT2D eigenvalue weighted by molar-refractivity contribution is 8.00. The third-order valence-corrected chi connectivity index (χ3v) is 3.67. The highest BCUT2D eigenvalue weighted by Crippen LogP contribution is 2.13. The summed E-state index contributed by atoms with van der Waals surface area (Å²) >= 11 is 1.03. The van der Waals surface area contributed by atoms with Crippen molar-refractivity contribution in [2.24, 2.45) is 0 Å². The van der Waals surface area contributed by atoms with Gasteiger partial charge in [0.1, 0.15) is 12.4 Å². The summed E-state index contributed by atoms with van der Waals surface area (Å²) in [5.41, 5.74) is -0.0486. The van der Waals surface area contributed by atoms with E-state index in [1.807, 2.05) is 0 Å². The largest absolute Gasteiger partial charge is 0.460 e. The summed E-state index contributed by atoms with van der Waals surface area (Å²) in [6.45, 7) is 1.32. The molecule has 0 aliphatic rings. The van der Waals surface area contributed by atoms with Crippen LogP contribution in [0.1, 0.15) is 11.3 Å². The smallest absolute Gasteiger partial charge is 0.316 e. The lowest BCUT2D eigenvalue weighted by atomic mass is 10.2. The topological polar surface area (TPSA) is 81.4 Å². The second-order valence-electron chi connectivity index (χ2n) is 4.74. The van der Waals surface area contributed by atoms with E-state index in [9.17, 15) is 18.4 Å². The van der Waals surface area contributed by atoms with Gasteiger partial charge in [-0.3, -0.25) is 9.59 Å². The average Bonchev–Trinajstić information content (AvgIpc) is 2.93. The van der Waals surface area contributed by atoms with Gasteiger partial charge in [0.15, 0.2) is 17.5 Å². The fraction of sp³-hybridized carbons (Fsp3) is 0.267. The third kappa shape index (κ3) is 5.34. The number of aryl methyl sites for hydroxylation is 1. The molecule has 0 bridgehead atoms. The van der Waals surface area contributed by atoms with Gasteiger partial charge in [0, 0.05) is 11.6 Å². The Hall–Kier alpha value is -2.42. The number of ether oxygens (including phenoxy) is 1. The molecule has 1 aromatic carbocycles. The molecular formula is C15H14F2N2O4S. The predicted octanol–water partition coefficient (Wildman–Crippen LogP) is 2.68. The highest BCUT2D eigenvalue weighted by Gasteiger charge is 2.12. The Morgan fingerprint density at radius 2 is 2.12 bits per heavy atom. The minimum Gasteiger partial charge on any atom is -0.460 e. The first-order valence-corrected chi connectivity index (χ1v) is 8.00. The van der Waals surface area contributed by atoms with Crippen LogP contribution in [0.4, 0.5) is 14.6 Å². The molecule has 0 atom stereocenters. The van der Waals surface area contributed by atoms with Crippen molar-refractivity contribution in [1.82, 2.24) is 5.16 Å². The maximum absolute atomic E-state index is 13.4. The van der Waals surface area contributed by atoms with Crippen LogP contribution in [0.25, 0.3) is 0 Å². The summed E-state index contributed by atoms with van der Waals surface area (Å²) in [6.07, 6.45) is 0. The van der Waals surface area contributed by atoms with E-state index in [0.29, 0.717) is 11.6 Å². The Morgan fingerprint density at radius 3 is 2.83 bits per heavy atom. The molecule has 1 amide bonds. The number of thioether (sulfide) groups is 1. The lowest BCUT2D eigenvalue weighted by Gasteiger charge is -2.06. The SMILES string of the molecule is Cc1cc(NC(=O)CSCC(=O)OCc2cccc(F)c2F)no1. The maximum Gasteiger partial charge on any atom is 0.316 e. The van der Waals surface area contributed by atoms with Crippen LogP contribution < -0.4 is 5.32 Å². The first kappa shape index (κ1) is 17.9. The summed E-state index contributed by atoms with van der Waals surface area (Å²) in [5.74, 6) is -2.25. The average molecular weight is 356 g/mol. The number of benzene rings is 1. The van der Waals surface area contributed by atoms with Gasteiger partial charge in [-0.15, -0.1) is 11.8 Å². The first-order valence-electron chi connectivity index (χ1n) is 6.85. The number of carbonyl (C=O) groups is 2. The monoisotopic (exact) mass is 356 g/mol. The Bertz CT molecular complexity index is 736. The Labute approximate surface area is 140 Å². The van der Waals surface area contributed by atoms with Crippen molar-refractivity contribution in [1.29, 1.82) is 0 Å². The van der Waals surface area contributed by atoms with Gasteiger partial charge in [-0.1, -0.05) is 17.3 Å². The molecule has 0 saturated heterocycles. The zero-order chi connectivity index (χ0) is 17.5. The number of nitrogens with zero attached hydrogens (tertiary/aromatic N) is 1. The van der Waals surface area contributed by atoms with Crippen molar-refractivity contribution in [3.05, 3.63) is 47.2 Å². The third-order valence-electron chi connectivity index (χ3n) is 2.77. The van der Waals surface area contributed by atoms with Gasteiger partial charge in [0.2, 0.25) is 5.91 Å². The zero-order valence-electron chi connectivity index (χ0n) is 12.7. The molecule has 0 radical (unpaired) electrons. The molecule has 1 heterocycles. The van der Waals surface area contributed by atoms with Crippen molar-refractivity contribution >= 4 is 29.5 Å². The molecule has 2 rings (SSSR count). The van der Waals surface area contributed by atoms with Crippen LogP contribution in [0.2, 0.25) is 0 Å². The second-order valence-corrected chi connectivity index (χ2v) is 5.72. The number of nitrogens with one attached hydrogen (secondary N) is 1. The van der Waals surface area contributed by atoms with Gasteiger partial charge >= 0.3 is 5.97 Å². The Kier molecular flexibility index (Phi) is 6.30. The number of anilines is 1. The van der Waals surface area contributed by atoms with Crippen molar-refractivity contribution in [3.63, 3.8) is 0 Å². The summed E-state index contributed by atoms with van der Waals surface area (Å²) in [7, 11) is 0. The van der Waals surface area contributed by atoms with E-state index in [2.05, 4.69) is 10.5 Å². The predicted molar refractivity (Wildman–Crippen MR) is 83.3 cm³/mol. The number of hydrogen-bond donors (Lipinski definition) is 1. The number of hydrogen-bond acceptors (Lipinski definition) is 6. The molecule has 0 aliphatic carbocycles. The quantitative estimate of drug-likeness (QED) is 0.768. The molecule has 0 aliphatic heterocycles. The van der Waals surface area contributed by atoms with Crippen LogP contribution in [-0.4, -0.2) is 28.5 Å². The first-order chi connectivity index (χ1) is 11.5. The number of carbonyl (C=O) groups excluding carboxylic acids is 2. The van der Waals surface area contributed by atoms with Crippen molar-refractivity contribution in [2.75, 3.05) is 16.8 Å². The van der Waals surface area contributed by atoms with Crippen LogP contribution in [0.3, 0.4) is 0 Å². The minimum absolute atomic E-state index is 0.00926. The second kappa shape index (κ2) is 8.44. The standard InChI is InChI=1S/C15H14F2N2O4S/c1-9-5-12(19-23-9)18-13(20)7-24-8-14(21)22-6-10-3-2-4-11(16)15(10)17/h2-5H,6-8H2,1H3,(H,18,19,20). The van der Waals surface area contributed by atoms with E-state index < -0.39 is 17.6 Å². The highest BCUT2D eigenvalue weighted by atomic mass is 32.2. The Balaban J connectivity index is 1.67. The van der Waals surface area contributed by atoms with Crippen molar-refractivity contribution in [3.8, 4) is 0 Å². The van der Waals surface area contributed by atoms with E-state index in [1.54, 1.807) is 13.0 Å². The Morgan fingerprint density at radius 1 is 1.33 bits per heavy atom. The molecule has 0 spiro atoms. The van der Waals surface area contributed by atoms with Gasteiger partial charge in [0.25, 0.3) is 0 Å². The van der Waals surface area contributed by atoms with E-state index in [1.165, 1.54) is 12.1 Å². The van der Waals surface area contributed by atoms with Crippen LogP contribution >= 0.6 is 11.8 Å². The zero-order valence-corrected chi connectivity index (χ0v) is 13.5.